The normalized spacial score (nSPS) is 13.2. The number of amides is 1. The molecule has 7 nitrogen and oxygen atoms in total. The molecule has 0 radical (unpaired) electrons. The summed E-state index contributed by atoms with van der Waals surface area (Å²) in [5.74, 6) is 0.873. The number of phenolic OH excluding ortho intramolecular Hbond substituents is 1. The lowest BCUT2D eigenvalue weighted by atomic mass is 10.1. The predicted octanol–water partition coefficient (Wildman–Crippen LogP) is 3.56. The molecule has 1 amide bonds. The molecule has 0 saturated carbocycles. The van der Waals surface area contributed by atoms with E-state index in [1.54, 1.807) is 29.3 Å². The van der Waals surface area contributed by atoms with Crippen molar-refractivity contribution in [1.82, 2.24) is 15.0 Å². The Morgan fingerprint density at radius 1 is 1.18 bits per heavy atom. The highest BCUT2D eigenvalue weighted by Gasteiger charge is 2.32. The average Bonchev–Trinajstić information content (AvgIpc) is 3.30. The number of phenols is 1. The van der Waals surface area contributed by atoms with Crippen LogP contribution in [-0.2, 0) is 11.2 Å². The van der Waals surface area contributed by atoms with Crippen molar-refractivity contribution in [3.05, 3.63) is 60.6 Å². The molecule has 0 aliphatic carbocycles. The minimum atomic E-state index is -0.0645. The number of hydrogen-bond acceptors (Lipinski definition) is 5. The fourth-order valence-corrected chi connectivity index (χ4v) is 3.47. The van der Waals surface area contributed by atoms with Crippen LogP contribution in [0.5, 0.6) is 11.5 Å². The molecule has 4 aromatic rings. The predicted molar refractivity (Wildman–Crippen MR) is 105 cm³/mol. The molecule has 0 unspecified atom stereocenters. The maximum absolute atomic E-state index is 12.7. The first-order chi connectivity index (χ1) is 13.6. The minimum Gasteiger partial charge on any atom is -0.504 e. The van der Waals surface area contributed by atoms with Crippen molar-refractivity contribution >= 4 is 28.3 Å². The van der Waals surface area contributed by atoms with Crippen molar-refractivity contribution in [2.24, 2.45) is 0 Å². The lowest BCUT2D eigenvalue weighted by Crippen LogP contribution is -2.21. The van der Waals surface area contributed by atoms with Crippen LogP contribution >= 0.6 is 0 Å². The van der Waals surface area contributed by atoms with Crippen LogP contribution in [-0.4, -0.2) is 33.1 Å². The second-order valence-electron chi connectivity index (χ2n) is 6.57. The topological polar surface area (TPSA) is 91.3 Å². The van der Waals surface area contributed by atoms with Gasteiger partial charge < -0.3 is 14.8 Å². The quantitative estimate of drug-likeness (QED) is 0.574. The van der Waals surface area contributed by atoms with Gasteiger partial charge in [-0.3, -0.25) is 14.7 Å². The van der Waals surface area contributed by atoms with Crippen LogP contribution in [0.15, 0.2) is 54.9 Å². The van der Waals surface area contributed by atoms with Gasteiger partial charge >= 0.3 is 0 Å². The first kappa shape index (κ1) is 16.3. The van der Waals surface area contributed by atoms with E-state index in [0.717, 1.165) is 22.2 Å². The number of fused-ring (bicyclic) bond motifs is 2. The second-order valence-corrected chi connectivity index (χ2v) is 6.57. The average molecular weight is 372 g/mol. The number of carbonyl (C=O) groups is 1. The highest BCUT2D eigenvalue weighted by molar-refractivity contribution is 6.07. The number of carbonyl (C=O) groups excluding carboxylic acids is 1. The summed E-state index contributed by atoms with van der Waals surface area (Å²) in [7, 11) is 1.49. The molecule has 0 bridgehead atoms. The lowest BCUT2D eigenvalue weighted by Gasteiger charge is -2.17. The molecule has 1 aliphatic heterocycles. The van der Waals surface area contributed by atoms with E-state index >= 15 is 0 Å². The van der Waals surface area contributed by atoms with Crippen LogP contribution < -0.4 is 9.64 Å². The molecular weight excluding hydrogens is 356 g/mol. The molecule has 28 heavy (non-hydrogen) atoms. The fourth-order valence-electron chi connectivity index (χ4n) is 3.47. The van der Waals surface area contributed by atoms with E-state index < -0.39 is 0 Å². The van der Waals surface area contributed by atoms with Gasteiger partial charge in [-0.15, -0.1) is 0 Å². The third-order valence-corrected chi connectivity index (χ3v) is 4.88. The van der Waals surface area contributed by atoms with Crippen LogP contribution in [0, 0.1) is 0 Å². The number of nitrogens with one attached hydrogen (secondary N) is 1. The van der Waals surface area contributed by atoms with Gasteiger partial charge in [0.1, 0.15) is 0 Å². The molecule has 3 heterocycles. The Morgan fingerprint density at radius 3 is 2.93 bits per heavy atom. The number of hydrogen-bond donors (Lipinski definition) is 2. The number of benzene rings is 2. The van der Waals surface area contributed by atoms with Crippen LogP contribution in [0.4, 0.5) is 11.5 Å². The summed E-state index contributed by atoms with van der Waals surface area (Å²) in [5, 5.41) is 10.8. The van der Waals surface area contributed by atoms with Crippen molar-refractivity contribution in [3.63, 3.8) is 0 Å². The molecule has 1 aliphatic rings. The second kappa shape index (κ2) is 6.09. The van der Waals surface area contributed by atoms with Crippen LogP contribution in [0.3, 0.4) is 0 Å². The molecule has 0 fully saturated rings. The molecule has 138 valence electrons. The van der Waals surface area contributed by atoms with Crippen molar-refractivity contribution in [2.75, 3.05) is 12.0 Å². The molecule has 2 aromatic heterocycles. The zero-order valence-electron chi connectivity index (χ0n) is 15.0. The SMILES string of the molecule is COc1cc(-c2cnc3c(n2)N(c2ccc4[nH]ccc4c2)C(=O)C3)ccc1O. The van der Waals surface area contributed by atoms with Gasteiger partial charge in [0.15, 0.2) is 17.3 Å². The highest BCUT2D eigenvalue weighted by Crippen LogP contribution is 2.36. The summed E-state index contributed by atoms with van der Waals surface area (Å²) >= 11 is 0. The molecule has 2 aromatic carbocycles. The number of aromatic nitrogens is 3. The van der Waals surface area contributed by atoms with Gasteiger partial charge in [0.2, 0.25) is 5.91 Å². The van der Waals surface area contributed by atoms with Gasteiger partial charge in [-0.25, -0.2) is 4.98 Å². The number of nitrogens with zero attached hydrogens (tertiary/aromatic N) is 3. The Bertz CT molecular complexity index is 1230. The van der Waals surface area contributed by atoms with Crippen LogP contribution in [0.2, 0.25) is 0 Å². The standard InChI is InChI=1S/C21H16N4O3/c1-28-19-9-12(2-5-18(19)26)17-11-23-16-10-20(27)25(21(16)24-17)14-3-4-15-13(8-14)6-7-22-15/h2-9,11,22,26H,10H2,1H3. The molecule has 0 spiro atoms. The summed E-state index contributed by atoms with van der Waals surface area (Å²) in [6.45, 7) is 0. The Labute approximate surface area is 160 Å². The first-order valence-corrected chi connectivity index (χ1v) is 8.77. The monoisotopic (exact) mass is 372 g/mol. The summed E-state index contributed by atoms with van der Waals surface area (Å²) < 4.78 is 5.17. The Morgan fingerprint density at radius 2 is 2.07 bits per heavy atom. The summed E-state index contributed by atoms with van der Waals surface area (Å²) in [5.41, 5.74) is 3.75. The number of ether oxygens (including phenoxy) is 1. The number of aromatic hydroxyl groups is 1. The van der Waals surface area contributed by atoms with Crippen LogP contribution in [0.1, 0.15) is 5.69 Å². The molecular formula is C21H16N4O3. The van der Waals surface area contributed by atoms with Crippen molar-refractivity contribution in [3.8, 4) is 22.8 Å². The van der Waals surface area contributed by atoms with E-state index in [2.05, 4.69) is 9.97 Å². The van der Waals surface area contributed by atoms with Crippen molar-refractivity contribution < 1.29 is 14.6 Å². The maximum Gasteiger partial charge on any atom is 0.238 e. The fraction of sp³-hybridized carbons (Fsp3) is 0.0952. The minimum absolute atomic E-state index is 0.0528. The van der Waals surface area contributed by atoms with Crippen molar-refractivity contribution in [1.29, 1.82) is 0 Å². The largest absolute Gasteiger partial charge is 0.504 e. The van der Waals surface area contributed by atoms with Gasteiger partial charge in [-0.1, -0.05) is 0 Å². The van der Waals surface area contributed by atoms with E-state index in [4.69, 9.17) is 9.72 Å². The molecule has 0 atom stereocenters. The summed E-state index contributed by atoms with van der Waals surface area (Å²) in [6, 6.07) is 12.7. The van der Waals surface area contributed by atoms with E-state index in [1.165, 1.54) is 7.11 Å². The number of rotatable bonds is 3. The number of aromatic amines is 1. The van der Waals surface area contributed by atoms with E-state index in [-0.39, 0.29) is 18.1 Å². The number of anilines is 2. The van der Waals surface area contributed by atoms with Crippen molar-refractivity contribution in [2.45, 2.75) is 6.42 Å². The summed E-state index contributed by atoms with van der Waals surface area (Å²) in [4.78, 5) is 26.6. The molecule has 0 saturated heterocycles. The lowest BCUT2D eigenvalue weighted by molar-refractivity contribution is -0.116. The molecule has 7 heteroatoms. The smallest absolute Gasteiger partial charge is 0.238 e. The Kier molecular flexibility index (Phi) is 3.55. The Hall–Kier alpha value is -3.87. The van der Waals surface area contributed by atoms with Crippen LogP contribution in [0.25, 0.3) is 22.2 Å². The first-order valence-electron chi connectivity index (χ1n) is 8.77. The Balaban J connectivity index is 1.61. The highest BCUT2D eigenvalue weighted by atomic mass is 16.5. The van der Waals surface area contributed by atoms with Gasteiger partial charge in [0.25, 0.3) is 0 Å². The molecule has 5 rings (SSSR count). The summed E-state index contributed by atoms with van der Waals surface area (Å²) in [6.07, 6.45) is 3.72. The number of methoxy groups -OCH3 is 1. The zero-order valence-corrected chi connectivity index (χ0v) is 15.0. The van der Waals surface area contributed by atoms with E-state index in [1.807, 2.05) is 30.5 Å². The van der Waals surface area contributed by atoms with Gasteiger partial charge in [-0.05, 0) is 42.5 Å². The third-order valence-electron chi connectivity index (χ3n) is 4.88. The zero-order chi connectivity index (χ0) is 19.3. The third kappa shape index (κ3) is 2.48. The van der Waals surface area contributed by atoms with Gasteiger partial charge in [-0.2, -0.15) is 0 Å². The van der Waals surface area contributed by atoms with E-state index in [9.17, 15) is 9.90 Å². The van der Waals surface area contributed by atoms with Gasteiger partial charge in [0, 0.05) is 22.7 Å². The van der Waals surface area contributed by atoms with E-state index in [0.29, 0.717) is 23.0 Å². The maximum atomic E-state index is 12.7. The van der Waals surface area contributed by atoms with Gasteiger partial charge in [0.05, 0.1) is 36.8 Å². The number of H-pyrrole nitrogens is 1. The molecule has 2 N–H and O–H groups in total.